The monoisotopic (exact) mass is 649 g/mol. The molecule has 5 nitrogen and oxygen atoms in total. The third-order valence-corrected chi connectivity index (χ3v) is 6.47. The Morgan fingerprint density at radius 3 is 2.30 bits per heavy atom. The smallest absolute Gasteiger partial charge is 0.449 e. The molecule has 0 spiro atoms. The van der Waals surface area contributed by atoms with Crippen LogP contribution in [0.25, 0.3) is 0 Å². The molecular weight excluding hydrogens is 632 g/mol. The molecule has 0 aliphatic rings. The van der Waals surface area contributed by atoms with E-state index in [1.54, 1.807) is 24.3 Å². The lowest BCUT2D eigenvalue weighted by molar-refractivity contribution is -0.171. The quantitative estimate of drug-likeness (QED) is 0.171. The van der Waals surface area contributed by atoms with Crippen LogP contribution in [0.5, 0.6) is 5.75 Å². The molecule has 13 heteroatoms. The van der Waals surface area contributed by atoms with Crippen molar-refractivity contribution in [2.45, 2.75) is 31.9 Å². The van der Waals surface area contributed by atoms with Gasteiger partial charge < -0.3 is 10.1 Å². The van der Waals surface area contributed by atoms with Crippen LogP contribution in [0.15, 0.2) is 59.1 Å². The van der Waals surface area contributed by atoms with E-state index in [9.17, 15) is 40.7 Å². The lowest BCUT2D eigenvalue weighted by Crippen LogP contribution is -2.23. The van der Waals surface area contributed by atoms with Crippen LogP contribution in [0.3, 0.4) is 0 Å². The van der Waals surface area contributed by atoms with E-state index in [0.29, 0.717) is 5.69 Å². The molecule has 0 aliphatic carbocycles. The van der Waals surface area contributed by atoms with Gasteiger partial charge in [-0.25, -0.2) is 13.2 Å². The molecule has 212 valence electrons. The van der Waals surface area contributed by atoms with Gasteiger partial charge in [0.25, 0.3) is 12.3 Å². The summed E-state index contributed by atoms with van der Waals surface area (Å²) in [5, 5.41) is 2.14. The summed E-state index contributed by atoms with van der Waals surface area (Å²) in [5.41, 5.74) is -0.265. The fourth-order valence-corrected chi connectivity index (χ4v) is 4.20. The van der Waals surface area contributed by atoms with Crippen molar-refractivity contribution in [1.82, 2.24) is 0 Å². The van der Waals surface area contributed by atoms with Gasteiger partial charge >= 0.3 is 6.18 Å². The first-order chi connectivity index (χ1) is 18.8. The second kappa shape index (κ2) is 13.3. The molecule has 0 saturated carbocycles. The highest BCUT2D eigenvalue weighted by molar-refractivity contribution is 9.10. The molecule has 0 radical (unpaired) electrons. The zero-order valence-corrected chi connectivity index (χ0v) is 22.6. The first-order valence-corrected chi connectivity index (χ1v) is 12.6. The number of aryl methyl sites for hydroxylation is 1. The van der Waals surface area contributed by atoms with Gasteiger partial charge in [-0.15, -0.1) is 0 Å². The van der Waals surface area contributed by atoms with Crippen LogP contribution >= 0.6 is 27.5 Å². The van der Waals surface area contributed by atoms with Gasteiger partial charge in [-0.3, -0.25) is 14.4 Å². The molecule has 0 aromatic heterocycles. The van der Waals surface area contributed by atoms with Crippen LogP contribution in [-0.2, 0) is 17.6 Å². The van der Waals surface area contributed by atoms with Gasteiger partial charge in [0.05, 0.1) is 16.1 Å². The van der Waals surface area contributed by atoms with Crippen molar-refractivity contribution in [2.75, 3.05) is 11.9 Å². The highest BCUT2D eigenvalue weighted by atomic mass is 79.9. The molecule has 3 rings (SSSR count). The maximum atomic E-state index is 14.6. The standard InChI is InChI=1S/C27H19BrClF6NO4/c28-16-4-6-17(7-5-16)36-26(39)18-11-14(1-9-21(18)40-13-23(31)32)12-20(37)24-19(30)8-2-15(25(24)29)3-10-22(38)27(33,34)35/h1-2,4-9,11,23H,3,10,12-13H2,(H,36,39). The first-order valence-electron chi connectivity index (χ1n) is 11.5. The number of ether oxygens (including phenoxy) is 1. The Morgan fingerprint density at radius 2 is 1.68 bits per heavy atom. The van der Waals surface area contributed by atoms with Crippen LogP contribution in [-0.4, -0.2) is 36.7 Å². The zero-order chi connectivity index (χ0) is 29.6. The molecule has 0 saturated heterocycles. The number of hydrogen-bond donors (Lipinski definition) is 1. The Labute approximate surface area is 237 Å². The van der Waals surface area contributed by atoms with E-state index in [1.807, 2.05) is 0 Å². The second-order valence-corrected chi connectivity index (χ2v) is 9.70. The second-order valence-electron chi connectivity index (χ2n) is 8.41. The van der Waals surface area contributed by atoms with Crippen molar-refractivity contribution in [3.63, 3.8) is 0 Å². The van der Waals surface area contributed by atoms with E-state index >= 15 is 0 Å². The van der Waals surface area contributed by atoms with Crippen molar-refractivity contribution in [3.8, 4) is 5.75 Å². The number of carbonyl (C=O) groups is 3. The molecule has 0 fully saturated rings. The van der Waals surface area contributed by atoms with Crippen LogP contribution in [0.2, 0.25) is 5.02 Å². The van der Waals surface area contributed by atoms with Gasteiger partial charge in [-0.1, -0.05) is 39.7 Å². The fourth-order valence-electron chi connectivity index (χ4n) is 3.58. The van der Waals surface area contributed by atoms with Gasteiger partial charge in [0.15, 0.2) is 5.78 Å². The maximum absolute atomic E-state index is 14.6. The summed E-state index contributed by atoms with van der Waals surface area (Å²) < 4.78 is 83.5. The average molecular weight is 651 g/mol. The zero-order valence-electron chi connectivity index (χ0n) is 20.3. The van der Waals surface area contributed by atoms with Gasteiger partial charge in [0.2, 0.25) is 5.78 Å². The van der Waals surface area contributed by atoms with Crippen LogP contribution in [0.1, 0.15) is 38.3 Å². The van der Waals surface area contributed by atoms with E-state index in [0.717, 1.165) is 16.6 Å². The SMILES string of the molecule is O=C(Nc1ccc(Br)cc1)c1cc(CC(=O)c2c(F)ccc(CCC(=O)C(F)(F)F)c2Cl)ccc1OCC(F)F. The van der Waals surface area contributed by atoms with E-state index in [2.05, 4.69) is 21.2 Å². The maximum Gasteiger partial charge on any atom is 0.449 e. The highest BCUT2D eigenvalue weighted by Crippen LogP contribution is 2.29. The van der Waals surface area contributed by atoms with E-state index in [1.165, 1.54) is 18.2 Å². The summed E-state index contributed by atoms with van der Waals surface area (Å²) in [6.45, 7) is -0.999. The van der Waals surface area contributed by atoms with E-state index < -0.39 is 72.3 Å². The molecule has 40 heavy (non-hydrogen) atoms. The number of hydrogen-bond acceptors (Lipinski definition) is 4. The molecule has 1 N–H and O–H groups in total. The number of alkyl halides is 5. The molecule has 0 atom stereocenters. The topological polar surface area (TPSA) is 72.5 Å². The summed E-state index contributed by atoms with van der Waals surface area (Å²) in [6.07, 6.45) is -9.80. The number of rotatable bonds is 11. The predicted octanol–water partition coefficient (Wildman–Crippen LogP) is 7.63. The van der Waals surface area contributed by atoms with Crippen molar-refractivity contribution in [2.24, 2.45) is 0 Å². The van der Waals surface area contributed by atoms with Crippen LogP contribution in [0.4, 0.5) is 32.0 Å². The van der Waals surface area contributed by atoms with Crippen molar-refractivity contribution in [1.29, 1.82) is 0 Å². The summed E-state index contributed by atoms with van der Waals surface area (Å²) in [7, 11) is 0. The summed E-state index contributed by atoms with van der Waals surface area (Å²) >= 11 is 9.40. The number of halogens is 8. The number of ketones is 2. The lowest BCUT2D eigenvalue weighted by atomic mass is 9.97. The first kappa shape index (κ1) is 31.2. The Balaban J connectivity index is 1.87. The Hall–Kier alpha value is -3.38. The third-order valence-electron chi connectivity index (χ3n) is 5.51. The Morgan fingerprint density at radius 1 is 1.00 bits per heavy atom. The van der Waals surface area contributed by atoms with Gasteiger partial charge in [-0.2, -0.15) is 13.2 Å². The minimum Gasteiger partial charge on any atom is -0.487 e. The van der Waals surface area contributed by atoms with Crippen LogP contribution in [0, 0.1) is 5.82 Å². The number of anilines is 1. The summed E-state index contributed by atoms with van der Waals surface area (Å²) in [5.74, 6) is -4.82. The summed E-state index contributed by atoms with van der Waals surface area (Å²) in [4.78, 5) is 37.2. The highest BCUT2D eigenvalue weighted by Gasteiger charge is 2.37. The van der Waals surface area contributed by atoms with E-state index in [4.69, 9.17) is 16.3 Å². The van der Waals surface area contributed by atoms with Crippen LogP contribution < -0.4 is 10.1 Å². The molecule has 3 aromatic carbocycles. The number of amides is 1. The number of Topliss-reactive ketones (excluding diaryl/α,β-unsaturated/α-hetero) is 2. The summed E-state index contributed by atoms with van der Waals surface area (Å²) in [6, 6.07) is 12.1. The molecule has 1 amide bonds. The molecule has 3 aromatic rings. The fraction of sp³-hybridized carbons (Fsp3) is 0.222. The molecule has 0 unspecified atom stereocenters. The number of carbonyl (C=O) groups excluding carboxylic acids is 3. The molecular formula is C27H19BrClF6NO4. The molecule has 0 bridgehead atoms. The minimum atomic E-state index is -5.04. The normalized spacial score (nSPS) is 11.4. The van der Waals surface area contributed by atoms with Gasteiger partial charge in [0, 0.05) is 23.0 Å². The van der Waals surface area contributed by atoms with Gasteiger partial charge in [-0.05, 0) is 60.0 Å². The Kier molecular flexibility index (Phi) is 10.4. The molecule has 0 heterocycles. The third kappa shape index (κ3) is 8.31. The Bertz CT molecular complexity index is 1410. The average Bonchev–Trinajstić information content (AvgIpc) is 2.88. The molecule has 0 aliphatic heterocycles. The number of benzene rings is 3. The predicted molar refractivity (Wildman–Crippen MR) is 139 cm³/mol. The van der Waals surface area contributed by atoms with Gasteiger partial charge in [0.1, 0.15) is 18.2 Å². The van der Waals surface area contributed by atoms with E-state index in [-0.39, 0.29) is 22.4 Å². The number of nitrogens with one attached hydrogen (secondary N) is 1. The largest absolute Gasteiger partial charge is 0.487 e. The van der Waals surface area contributed by atoms with Crippen molar-refractivity contribution < 1.29 is 45.5 Å². The van der Waals surface area contributed by atoms with Crippen molar-refractivity contribution in [3.05, 3.63) is 92.2 Å². The lowest BCUT2D eigenvalue weighted by Gasteiger charge is -2.14. The minimum absolute atomic E-state index is 0.0330. The van der Waals surface area contributed by atoms with Crippen molar-refractivity contribution >= 4 is 50.7 Å².